The van der Waals surface area contributed by atoms with Crippen LogP contribution in [0.2, 0.25) is 0 Å². The van der Waals surface area contributed by atoms with Gasteiger partial charge in [0.25, 0.3) is 0 Å². The average Bonchev–Trinajstić information content (AvgIpc) is 1.77. The van der Waals surface area contributed by atoms with E-state index in [1.54, 1.807) is 12.1 Å². The van der Waals surface area contributed by atoms with Crippen LogP contribution in [0.3, 0.4) is 0 Å². The van der Waals surface area contributed by atoms with E-state index in [-0.39, 0.29) is 6.15 Å². The molecule has 0 aliphatic heterocycles. The summed E-state index contributed by atoms with van der Waals surface area (Å²) in [6.07, 6.45) is 0. The first-order valence-corrected chi connectivity index (χ1v) is 2.40. The molecule has 3 heteroatoms. The number of nitrogens with two attached hydrogens (primary N) is 2. The van der Waals surface area contributed by atoms with Gasteiger partial charge < -0.3 is 11.5 Å². The van der Waals surface area contributed by atoms with Gasteiger partial charge in [-0.05, 0) is 12.1 Å². The third-order valence-electron chi connectivity index (χ3n) is 0.996. The summed E-state index contributed by atoms with van der Waals surface area (Å²) >= 11 is 0. The Morgan fingerprint density at radius 3 is 1.44 bits per heavy atom. The van der Waals surface area contributed by atoms with E-state index in [1.807, 2.05) is 12.1 Å². The summed E-state index contributed by atoms with van der Waals surface area (Å²) in [5.41, 5.74) is 12.1. The fourth-order valence-electron chi connectivity index (χ4n) is 0.511. The summed E-state index contributed by atoms with van der Waals surface area (Å²) in [6, 6.07) is 7.25. The van der Waals surface area contributed by atoms with Crippen LogP contribution in [0.1, 0.15) is 0 Å². The normalized spacial score (nSPS) is 8.00. The molecular formula is C6H8N3. The second-order valence-electron chi connectivity index (χ2n) is 1.63. The van der Waals surface area contributed by atoms with Gasteiger partial charge in [0.1, 0.15) is 0 Å². The lowest BCUT2D eigenvalue weighted by molar-refractivity contribution is 1.67. The molecule has 0 unspecified atom stereocenters. The minimum Gasteiger partial charge on any atom is -0.397 e. The lowest BCUT2D eigenvalue weighted by Crippen LogP contribution is -1.91. The van der Waals surface area contributed by atoms with Gasteiger partial charge in [-0.3, -0.25) is 0 Å². The Balaban J connectivity index is 0.000000640. The minimum atomic E-state index is 0. The van der Waals surface area contributed by atoms with Crippen molar-refractivity contribution >= 4 is 11.4 Å². The summed E-state index contributed by atoms with van der Waals surface area (Å²) in [5.74, 6) is 0. The molecule has 3 nitrogen and oxygen atoms in total. The van der Waals surface area contributed by atoms with Crippen molar-refractivity contribution in [1.82, 2.24) is 6.15 Å². The van der Waals surface area contributed by atoms with Gasteiger partial charge in [0.05, 0.1) is 11.4 Å². The first-order valence-electron chi connectivity index (χ1n) is 2.40. The Labute approximate surface area is 54.2 Å². The van der Waals surface area contributed by atoms with Crippen molar-refractivity contribution in [1.29, 1.82) is 0 Å². The fourth-order valence-corrected chi connectivity index (χ4v) is 0.511. The standard InChI is InChI=1S/C6H8N2.N/c7-5-3-1-2-4-6(5)8;/h1-4H,7-8H2;. The highest BCUT2D eigenvalue weighted by Gasteiger charge is 1.85. The number of para-hydroxylation sites is 2. The van der Waals surface area contributed by atoms with Crippen molar-refractivity contribution in [3.63, 3.8) is 0 Å². The van der Waals surface area contributed by atoms with E-state index in [4.69, 9.17) is 11.5 Å². The highest BCUT2D eigenvalue weighted by atomic mass is 14.7. The summed E-state index contributed by atoms with van der Waals surface area (Å²) in [6.45, 7) is 0. The van der Waals surface area contributed by atoms with E-state index in [2.05, 4.69) is 0 Å². The highest BCUT2D eigenvalue weighted by Crippen LogP contribution is 2.10. The summed E-state index contributed by atoms with van der Waals surface area (Å²) < 4.78 is 0. The van der Waals surface area contributed by atoms with E-state index in [0.717, 1.165) is 0 Å². The Morgan fingerprint density at radius 2 is 1.22 bits per heavy atom. The Kier molecular flexibility index (Phi) is 2.54. The van der Waals surface area contributed by atoms with Crippen LogP contribution in [-0.4, -0.2) is 0 Å². The van der Waals surface area contributed by atoms with Gasteiger partial charge in [0, 0.05) is 6.15 Å². The zero-order chi connectivity index (χ0) is 5.98. The molecule has 0 fully saturated rings. The first-order chi connectivity index (χ1) is 3.80. The molecule has 1 aromatic rings. The molecule has 0 heterocycles. The zero-order valence-corrected chi connectivity index (χ0v) is 4.91. The molecule has 0 aliphatic rings. The van der Waals surface area contributed by atoms with Crippen molar-refractivity contribution < 1.29 is 0 Å². The Morgan fingerprint density at radius 1 is 0.889 bits per heavy atom. The van der Waals surface area contributed by atoms with Gasteiger partial charge in [0.15, 0.2) is 0 Å². The predicted molar refractivity (Wildman–Crippen MR) is 37.4 cm³/mol. The Hall–Kier alpha value is -1.22. The van der Waals surface area contributed by atoms with Gasteiger partial charge in [-0.2, -0.15) is 0 Å². The molecule has 4 N–H and O–H groups in total. The molecule has 0 atom stereocenters. The monoisotopic (exact) mass is 122 g/mol. The number of nitrogens with zero attached hydrogens (tertiary/aromatic N) is 1. The average molecular weight is 122 g/mol. The van der Waals surface area contributed by atoms with Crippen molar-refractivity contribution in [2.45, 2.75) is 0 Å². The lowest BCUT2D eigenvalue weighted by atomic mass is 10.3. The number of anilines is 2. The number of hydrogen-bond acceptors (Lipinski definition) is 2. The summed E-state index contributed by atoms with van der Waals surface area (Å²) in [4.78, 5) is 0. The minimum absolute atomic E-state index is 0. The fraction of sp³-hybridized carbons (Fsp3) is 0. The van der Waals surface area contributed by atoms with E-state index in [9.17, 15) is 0 Å². The molecule has 0 saturated heterocycles. The number of hydrogen-bond donors (Lipinski definition) is 2. The van der Waals surface area contributed by atoms with Crippen LogP contribution in [0.4, 0.5) is 11.4 Å². The van der Waals surface area contributed by atoms with Crippen LogP contribution in [0.25, 0.3) is 0 Å². The van der Waals surface area contributed by atoms with Crippen LogP contribution >= 0.6 is 0 Å². The van der Waals surface area contributed by atoms with Crippen LogP contribution in [0, 0.1) is 0 Å². The predicted octanol–water partition coefficient (Wildman–Crippen LogP) is 0.370. The van der Waals surface area contributed by atoms with E-state index < -0.39 is 0 Å². The Bertz CT molecular complexity index is 164. The number of rotatable bonds is 0. The molecule has 1 aromatic carbocycles. The van der Waals surface area contributed by atoms with Crippen molar-refractivity contribution in [2.24, 2.45) is 0 Å². The van der Waals surface area contributed by atoms with Gasteiger partial charge in [-0.25, -0.2) is 0 Å². The third kappa shape index (κ3) is 1.62. The molecule has 0 aliphatic carbocycles. The molecule has 47 valence electrons. The van der Waals surface area contributed by atoms with E-state index in [0.29, 0.717) is 11.4 Å². The molecule has 1 rings (SSSR count). The quantitative estimate of drug-likeness (QED) is 0.487. The molecule has 9 heavy (non-hydrogen) atoms. The molecule has 0 spiro atoms. The van der Waals surface area contributed by atoms with Crippen molar-refractivity contribution in [3.8, 4) is 0 Å². The molecule has 0 bridgehead atoms. The van der Waals surface area contributed by atoms with Crippen LogP contribution in [-0.2, 0) is 0 Å². The molecular weight excluding hydrogens is 114 g/mol. The molecule has 3 radical (unpaired) electrons. The molecule has 0 saturated carbocycles. The zero-order valence-electron chi connectivity index (χ0n) is 4.91. The van der Waals surface area contributed by atoms with Crippen molar-refractivity contribution in [3.05, 3.63) is 24.3 Å². The van der Waals surface area contributed by atoms with Gasteiger partial charge in [-0.15, -0.1) is 0 Å². The number of benzene rings is 1. The summed E-state index contributed by atoms with van der Waals surface area (Å²) in [7, 11) is 0. The van der Waals surface area contributed by atoms with E-state index >= 15 is 0 Å². The highest BCUT2D eigenvalue weighted by molar-refractivity contribution is 5.62. The first kappa shape index (κ1) is 7.78. The maximum absolute atomic E-state index is 5.39. The maximum Gasteiger partial charge on any atom is 0.0547 e. The summed E-state index contributed by atoms with van der Waals surface area (Å²) in [5, 5.41) is 0. The van der Waals surface area contributed by atoms with Crippen LogP contribution in [0.15, 0.2) is 24.3 Å². The smallest absolute Gasteiger partial charge is 0.0547 e. The largest absolute Gasteiger partial charge is 0.397 e. The topological polar surface area (TPSA) is 82.5 Å². The third-order valence-corrected chi connectivity index (χ3v) is 0.996. The molecule has 0 aromatic heterocycles. The van der Waals surface area contributed by atoms with Gasteiger partial charge in [0.2, 0.25) is 0 Å². The number of nitrogen functional groups attached to an aromatic ring is 2. The van der Waals surface area contributed by atoms with Crippen molar-refractivity contribution in [2.75, 3.05) is 11.5 Å². The van der Waals surface area contributed by atoms with Gasteiger partial charge in [-0.1, -0.05) is 12.1 Å². The second kappa shape index (κ2) is 2.94. The molecule has 0 amide bonds. The SMILES string of the molecule is Nc1ccccc1N.[N]. The maximum atomic E-state index is 5.39. The van der Waals surface area contributed by atoms with Crippen LogP contribution in [0.5, 0.6) is 0 Å². The second-order valence-corrected chi connectivity index (χ2v) is 1.63. The van der Waals surface area contributed by atoms with Crippen LogP contribution < -0.4 is 17.6 Å². The lowest BCUT2D eigenvalue weighted by Gasteiger charge is -1.94. The van der Waals surface area contributed by atoms with Gasteiger partial charge >= 0.3 is 0 Å². The van der Waals surface area contributed by atoms with E-state index in [1.165, 1.54) is 0 Å².